The van der Waals surface area contributed by atoms with Crippen molar-refractivity contribution in [3.8, 4) is 0 Å². The molecule has 0 N–H and O–H groups in total. The molecule has 1 unspecified atom stereocenters. The second-order valence-electron chi connectivity index (χ2n) is 7.26. The standard InChI is InChI=1S/C21H20FN3/c1-12-16(22)10-9-15-19(12)13(2)21(3,4)23-20(15)18-11-14-7-5-6-8-17(14)24-25-18/h5-11,13H,1-4H3. The molecule has 126 valence electrons. The minimum absolute atomic E-state index is 0.121. The maximum absolute atomic E-state index is 14.2. The summed E-state index contributed by atoms with van der Waals surface area (Å²) in [6, 6.07) is 13.2. The SMILES string of the molecule is Cc1c(F)ccc2c1C(C)C(C)(C)N=C2c1cc2ccccc2nn1. The van der Waals surface area contributed by atoms with E-state index in [0.717, 1.165) is 33.4 Å². The number of fused-ring (bicyclic) bond motifs is 2. The second kappa shape index (κ2) is 5.45. The fraction of sp³-hybridized carbons (Fsp3) is 0.286. The average molecular weight is 333 g/mol. The lowest BCUT2D eigenvalue weighted by Gasteiger charge is -2.36. The summed E-state index contributed by atoms with van der Waals surface area (Å²) in [7, 11) is 0. The molecule has 0 spiro atoms. The lowest BCUT2D eigenvalue weighted by molar-refractivity contribution is 0.428. The van der Waals surface area contributed by atoms with Crippen molar-refractivity contribution in [3.05, 3.63) is 70.7 Å². The van der Waals surface area contributed by atoms with Gasteiger partial charge in [0.2, 0.25) is 0 Å². The molecule has 0 aliphatic carbocycles. The Hall–Kier alpha value is -2.62. The zero-order valence-corrected chi connectivity index (χ0v) is 14.8. The predicted octanol–water partition coefficient (Wildman–Crippen LogP) is 4.81. The molecule has 0 radical (unpaired) electrons. The first-order chi connectivity index (χ1) is 11.9. The van der Waals surface area contributed by atoms with Crippen molar-refractivity contribution in [3.63, 3.8) is 0 Å². The summed E-state index contributed by atoms with van der Waals surface area (Å²) in [6.07, 6.45) is 0. The third-order valence-corrected chi connectivity index (χ3v) is 5.33. The first-order valence-corrected chi connectivity index (χ1v) is 8.50. The molecule has 2 heterocycles. The van der Waals surface area contributed by atoms with Crippen LogP contribution in [0.3, 0.4) is 0 Å². The van der Waals surface area contributed by atoms with Gasteiger partial charge in [0.25, 0.3) is 0 Å². The molecule has 0 saturated carbocycles. The Morgan fingerprint density at radius 1 is 1.04 bits per heavy atom. The summed E-state index contributed by atoms with van der Waals surface area (Å²) < 4.78 is 14.2. The number of aromatic nitrogens is 2. The van der Waals surface area contributed by atoms with Crippen LogP contribution in [0, 0.1) is 12.7 Å². The molecule has 0 amide bonds. The lowest BCUT2D eigenvalue weighted by atomic mass is 9.75. The summed E-state index contributed by atoms with van der Waals surface area (Å²) in [5.74, 6) is -0.0531. The predicted molar refractivity (Wildman–Crippen MR) is 98.8 cm³/mol. The van der Waals surface area contributed by atoms with Gasteiger partial charge in [0, 0.05) is 16.9 Å². The van der Waals surface area contributed by atoms with E-state index in [1.165, 1.54) is 6.07 Å². The van der Waals surface area contributed by atoms with E-state index in [1.54, 1.807) is 0 Å². The van der Waals surface area contributed by atoms with Gasteiger partial charge in [-0.05, 0) is 56.2 Å². The Morgan fingerprint density at radius 3 is 2.60 bits per heavy atom. The van der Waals surface area contributed by atoms with Gasteiger partial charge in [-0.15, -0.1) is 10.2 Å². The molecular formula is C21H20FN3. The van der Waals surface area contributed by atoms with Gasteiger partial charge in [-0.3, -0.25) is 4.99 Å². The number of aliphatic imine (C=N–C) groups is 1. The van der Waals surface area contributed by atoms with Crippen LogP contribution in [0.4, 0.5) is 4.39 Å². The Kier molecular flexibility index (Phi) is 3.46. The van der Waals surface area contributed by atoms with Gasteiger partial charge < -0.3 is 0 Å². The van der Waals surface area contributed by atoms with Crippen molar-refractivity contribution in [2.45, 2.75) is 39.2 Å². The number of benzene rings is 2. The summed E-state index contributed by atoms with van der Waals surface area (Å²) >= 11 is 0. The number of rotatable bonds is 1. The maximum atomic E-state index is 14.2. The quantitative estimate of drug-likeness (QED) is 0.641. The molecule has 4 rings (SSSR count). The fourth-order valence-electron chi connectivity index (χ4n) is 3.56. The molecule has 3 nitrogen and oxygen atoms in total. The largest absolute Gasteiger partial charge is 0.276 e. The maximum Gasteiger partial charge on any atom is 0.126 e. The minimum Gasteiger partial charge on any atom is -0.276 e. The zero-order chi connectivity index (χ0) is 17.8. The van der Waals surface area contributed by atoms with Gasteiger partial charge >= 0.3 is 0 Å². The van der Waals surface area contributed by atoms with Crippen LogP contribution >= 0.6 is 0 Å². The highest BCUT2D eigenvalue weighted by Gasteiger charge is 2.36. The van der Waals surface area contributed by atoms with Gasteiger partial charge in [0.15, 0.2) is 0 Å². The molecule has 0 bridgehead atoms. The van der Waals surface area contributed by atoms with Crippen LogP contribution in [0.1, 0.15) is 49.1 Å². The molecule has 1 aliphatic heterocycles. The number of halogens is 1. The van der Waals surface area contributed by atoms with Crippen molar-refractivity contribution in [1.29, 1.82) is 0 Å². The number of hydrogen-bond donors (Lipinski definition) is 0. The average Bonchev–Trinajstić information content (AvgIpc) is 2.60. The van der Waals surface area contributed by atoms with Crippen molar-refractivity contribution in [1.82, 2.24) is 10.2 Å². The molecular weight excluding hydrogens is 313 g/mol. The van der Waals surface area contributed by atoms with E-state index in [4.69, 9.17) is 4.99 Å². The van der Waals surface area contributed by atoms with Crippen LogP contribution in [-0.4, -0.2) is 21.4 Å². The molecule has 25 heavy (non-hydrogen) atoms. The third-order valence-electron chi connectivity index (χ3n) is 5.33. The number of hydrogen-bond acceptors (Lipinski definition) is 3. The summed E-state index contributed by atoms with van der Waals surface area (Å²) in [5, 5.41) is 9.75. The van der Waals surface area contributed by atoms with Crippen molar-refractivity contribution >= 4 is 16.6 Å². The van der Waals surface area contributed by atoms with Crippen LogP contribution in [0.2, 0.25) is 0 Å². The highest BCUT2D eigenvalue weighted by Crippen LogP contribution is 2.41. The lowest BCUT2D eigenvalue weighted by Crippen LogP contribution is -2.34. The monoisotopic (exact) mass is 333 g/mol. The Labute approximate surface area is 146 Å². The van der Waals surface area contributed by atoms with E-state index in [-0.39, 0.29) is 17.3 Å². The van der Waals surface area contributed by atoms with Crippen LogP contribution in [0.15, 0.2) is 47.5 Å². The van der Waals surface area contributed by atoms with Gasteiger partial charge in [0.1, 0.15) is 11.5 Å². The summed E-state index contributed by atoms with van der Waals surface area (Å²) in [4.78, 5) is 4.98. The molecule has 3 aromatic rings. The molecule has 4 heteroatoms. The van der Waals surface area contributed by atoms with E-state index in [0.29, 0.717) is 5.56 Å². The molecule has 1 atom stereocenters. The van der Waals surface area contributed by atoms with Crippen LogP contribution in [0.25, 0.3) is 10.9 Å². The minimum atomic E-state index is -0.339. The third kappa shape index (κ3) is 2.44. The van der Waals surface area contributed by atoms with Crippen molar-refractivity contribution < 1.29 is 4.39 Å². The smallest absolute Gasteiger partial charge is 0.126 e. The van der Waals surface area contributed by atoms with Gasteiger partial charge in [0.05, 0.1) is 16.8 Å². The normalized spacial score (nSPS) is 18.8. The van der Waals surface area contributed by atoms with Crippen molar-refractivity contribution in [2.24, 2.45) is 4.99 Å². The fourth-order valence-corrected chi connectivity index (χ4v) is 3.56. The summed E-state index contributed by atoms with van der Waals surface area (Å²) in [6.45, 7) is 8.12. The topological polar surface area (TPSA) is 38.1 Å². The molecule has 2 aromatic carbocycles. The van der Waals surface area contributed by atoms with Gasteiger partial charge in [-0.25, -0.2) is 4.39 Å². The van der Waals surface area contributed by atoms with Gasteiger partial charge in [-0.1, -0.05) is 25.1 Å². The van der Waals surface area contributed by atoms with E-state index in [2.05, 4.69) is 31.0 Å². The van der Waals surface area contributed by atoms with Crippen LogP contribution in [0.5, 0.6) is 0 Å². The second-order valence-corrected chi connectivity index (χ2v) is 7.26. The molecule has 0 fully saturated rings. The van der Waals surface area contributed by atoms with E-state index in [1.807, 2.05) is 43.3 Å². The highest BCUT2D eigenvalue weighted by atomic mass is 19.1. The Bertz CT molecular complexity index is 1020. The summed E-state index contributed by atoms with van der Waals surface area (Å²) in [5.41, 5.74) is 4.70. The first-order valence-electron chi connectivity index (χ1n) is 8.50. The first kappa shape index (κ1) is 15.9. The molecule has 1 aliphatic rings. The zero-order valence-electron chi connectivity index (χ0n) is 14.8. The van der Waals surface area contributed by atoms with Crippen LogP contribution in [-0.2, 0) is 0 Å². The van der Waals surface area contributed by atoms with E-state index < -0.39 is 0 Å². The number of nitrogens with zero attached hydrogens (tertiary/aromatic N) is 3. The Balaban J connectivity index is 1.98. The Morgan fingerprint density at radius 2 is 1.80 bits per heavy atom. The molecule has 1 aromatic heterocycles. The van der Waals surface area contributed by atoms with Gasteiger partial charge in [-0.2, -0.15) is 0 Å². The van der Waals surface area contributed by atoms with Crippen LogP contribution < -0.4 is 0 Å². The van der Waals surface area contributed by atoms with Crippen molar-refractivity contribution in [2.75, 3.05) is 0 Å². The van der Waals surface area contributed by atoms with E-state index in [9.17, 15) is 4.39 Å². The highest BCUT2D eigenvalue weighted by molar-refractivity contribution is 6.14. The molecule has 0 saturated heterocycles. The van der Waals surface area contributed by atoms with E-state index >= 15 is 0 Å².